The van der Waals surface area contributed by atoms with E-state index >= 15 is 0 Å². The third kappa shape index (κ3) is 2.39. The molecule has 0 aromatic heterocycles. The Bertz CT molecular complexity index is 310. The molecule has 76 valence electrons. The molecule has 3 nitrogen and oxygen atoms in total. The van der Waals surface area contributed by atoms with Gasteiger partial charge < -0.3 is 10.1 Å². The van der Waals surface area contributed by atoms with Crippen molar-refractivity contribution in [3.8, 4) is 5.75 Å². The highest BCUT2D eigenvalue weighted by molar-refractivity contribution is 6.30. The van der Waals surface area contributed by atoms with Gasteiger partial charge in [-0.05, 0) is 17.7 Å². The van der Waals surface area contributed by atoms with Crippen molar-refractivity contribution in [3.05, 3.63) is 29.8 Å². The minimum absolute atomic E-state index is 0.211. The molecule has 0 saturated heterocycles. The molecule has 0 fully saturated rings. The fourth-order valence-electron chi connectivity index (χ4n) is 1.05. The number of carbonyl (C=O) groups excluding carboxylic acids is 1. The van der Waals surface area contributed by atoms with Crippen LogP contribution in [0, 0.1) is 0 Å². The lowest BCUT2D eigenvalue weighted by Gasteiger charge is -2.08. The number of rotatable bonds is 3. The summed E-state index contributed by atoms with van der Waals surface area (Å²) in [7, 11) is 3.15. The first-order valence-electron chi connectivity index (χ1n) is 4.18. The average molecular weight is 214 g/mol. The van der Waals surface area contributed by atoms with Gasteiger partial charge in [-0.3, -0.25) is 4.79 Å². The van der Waals surface area contributed by atoms with Gasteiger partial charge in [-0.15, -0.1) is 11.6 Å². The Hall–Kier alpha value is -1.22. The first-order valence-corrected chi connectivity index (χ1v) is 4.62. The molecule has 0 radical (unpaired) electrons. The third-order valence-electron chi connectivity index (χ3n) is 1.89. The molecule has 14 heavy (non-hydrogen) atoms. The Morgan fingerprint density at radius 1 is 1.43 bits per heavy atom. The van der Waals surface area contributed by atoms with Crippen LogP contribution in [0.1, 0.15) is 10.9 Å². The Labute approximate surface area is 88.0 Å². The number of ether oxygens (including phenoxy) is 1. The molecule has 1 amide bonds. The minimum atomic E-state index is -0.647. The molecule has 1 N–H and O–H groups in total. The van der Waals surface area contributed by atoms with Crippen molar-refractivity contribution in [2.24, 2.45) is 0 Å². The number of carbonyl (C=O) groups is 1. The Kier molecular flexibility index (Phi) is 3.77. The Morgan fingerprint density at radius 2 is 2.00 bits per heavy atom. The van der Waals surface area contributed by atoms with Crippen LogP contribution in [0.2, 0.25) is 0 Å². The number of halogens is 1. The zero-order valence-corrected chi connectivity index (χ0v) is 8.84. The predicted octanol–water partition coefficient (Wildman–Crippen LogP) is 1.72. The zero-order chi connectivity index (χ0) is 10.6. The van der Waals surface area contributed by atoms with Crippen molar-refractivity contribution in [1.29, 1.82) is 0 Å². The van der Waals surface area contributed by atoms with Crippen LogP contribution in [0.5, 0.6) is 5.75 Å². The number of methoxy groups -OCH3 is 1. The van der Waals surface area contributed by atoms with E-state index in [-0.39, 0.29) is 5.91 Å². The average Bonchev–Trinajstić information content (AvgIpc) is 2.27. The summed E-state index contributed by atoms with van der Waals surface area (Å²) in [6, 6.07) is 7.08. The molecule has 0 bridgehead atoms. The second kappa shape index (κ2) is 4.86. The molecule has 1 aromatic rings. The van der Waals surface area contributed by atoms with Gasteiger partial charge in [-0.2, -0.15) is 0 Å². The molecular formula is C10H12ClNO2. The van der Waals surface area contributed by atoms with Crippen LogP contribution in [-0.2, 0) is 4.79 Å². The molecule has 4 heteroatoms. The van der Waals surface area contributed by atoms with Gasteiger partial charge in [0.05, 0.1) is 7.11 Å². The van der Waals surface area contributed by atoms with Crippen molar-refractivity contribution in [2.75, 3.05) is 14.2 Å². The summed E-state index contributed by atoms with van der Waals surface area (Å²) in [4.78, 5) is 11.2. The normalized spacial score (nSPS) is 11.9. The number of hydrogen-bond donors (Lipinski definition) is 1. The van der Waals surface area contributed by atoms with Gasteiger partial charge in [0.25, 0.3) is 0 Å². The highest BCUT2D eigenvalue weighted by atomic mass is 35.5. The van der Waals surface area contributed by atoms with E-state index in [0.717, 1.165) is 11.3 Å². The SMILES string of the molecule is CNC(=O)C(Cl)c1ccc(OC)cc1. The smallest absolute Gasteiger partial charge is 0.242 e. The minimum Gasteiger partial charge on any atom is -0.497 e. The van der Waals surface area contributed by atoms with Crippen LogP contribution in [0.3, 0.4) is 0 Å². The van der Waals surface area contributed by atoms with E-state index in [9.17, 15) is 4.79 Å². The second-order valence-corrected chi connectivity index (χ2v) is 3.19. The molecule has 1 rings (SSSR count). The van der Waals surface area contributed by atoms with Gasteiger partial charge in [0.15, 0.2) is 0 Å². The molecule has 0 spiro atoms. The maximum atomic E-state index is 11.2. The maximum Gasteiger partial charge on any atom is 0.242 e. The molecule has 0 aliphatic rings. The van der Waals surface area contributed by atoms with Crippen molar-refractivity contribution >= 4 is 17.5 Å². The standard InChI is InChI=1S/C10H12ClNO2/c1-12-10(13)9(11)7-3-5-8(14-2)6-4-7/h3-6,9H,1-2H3,(H,12,13). The van der Waals surface area contributed by atoms with Crippen LogP contribution >= 0.6 is 11.6 Å². The predicted molar refractivity (Wildman–Crippen MR) is 55.7 cm³/mol. The Morgan fingerprint density at radius 3 is 2.43 bits per heavy atom. The summed E-state index contributed by atoms with van der Waals surface area (Å²) in [5.41, 5.74) is 0.756. The number of amides is 1. The number of alkyl halides is 1. The number of nitrogens with one attached hydrogen (secondary N) is 1. The monoisotopic (exact) mass is 213 g/mol. The highest BCUT2D eigenvalue weighted by Crippen LogP contribution is 2.22. The fourth-order valence-corrected chi connectivity index (χ4v) is 1.31. The van der Waals surface area contributed by atoms with Crippen LogP contribution < -0.4 is 10.1 Å². The van der Waals surface area contributed by atoms with E-state index in [1.165, 1.54) is 0 Å². The highest BCUT2D eigenvalue weighted by Gasteiger charge is 2.15. The lowest BCUT2D eigenvalue weighted by molar-refractivity contribution is -0.120. The molecule has 0 aliphatic heterocycles. The summed E-state index contributed by atoms with van der Waals surface area (Å²) in [6.45, 7) is 0. The first-order chi connectivity index (χ1) is 6.69. The summed E-state index contributed by atoms with van der Waals surface area (Å²) in [5.74, 6) is 0.534. The number of benzene rings is 1. The van der Waals surface area contributed by atoms with E-state index in [4.69, 9.17) is 16.3 Å². The molecule has 1 unspecified atom stereocenters. The maximum absolute atomic E-state index is 11.2. The molecule has 1 aromatic carbocycles. The fraction of sp³-hybridized carbons (Fsp3) is 0.300. The van der Waals surface area contributed by atoms with Gasteiger partial charge in [-0.25, -0.2) is 0 Å². The summed E-state index contributed by atoms with van der Waals surface area (Å²) in [6.07, 6.45) is 0. The van der Waals surface area contributed by atoms with E-state index in [2.05, 4.69) is 5.32 Å². The van der Waals surface area contributed by atoms with Gasteiger partial charge >= 0.3 is 0 Å². The molecule has 0 saturated carbocycles. The van der Waals surface area contributed by atoms with Gasteiger partial charge in [0.1, 0.15) is 11.1 Å². The number of likely N-dealkylation sites (N-methyl/N-ethyl adjacent to an activating group) is 1. The van der Waals surface area contributed by atoms with Crippen molar-refractivity contribution in [3.63, 3.8) is 0 Å². The van der Waals surface area contributed by atoms with E-state index in [1.807, 2.05) is 0 Å². The first kappa shape index (κ1) is 10.9. The van der Waals surface area contributed by atoms with Crippen molar-refractivity contribution in [1.82, 2.24) is 5.32 Å². The molecule has 0 heterocycles. The van der Waals surface area contributed by atoms with Crippen molar-refractivity contribution in [2.45, 2.75) is 5.38 Å². The van der Waals surface area contributed by atoms with Gasteiger partial charge in [0, 0.05) is 7.05 Å². The van der Waals surface area contributed by atoms with Gasteiger partial charge in [0.2, 0.25) is 5.91 Å². The summed E-state index contributed by atoms with van der Waals surface area (Å²) >= 11 is 5.90. The molecular weight excluding hydrogens is 202 g/mol. The van der Waals surface area contributed by atoms with Crippen LogP contribution in [0.4, 0.5) is 0 Å². The summed E-state index contributed by atoms with van der Waals surface area (Å²) < 4.78 is 4.99. The summed E-state index contributed by atoms with van der Waals surface area (Å²) in [5, 5.41) is 1.84. The zero-order valence-electron chi connectivity index (χ0n) is 8.08. The second-order valence-electron chi connectivity index (χ2n) is 2.75. The van der Waals surface area contributed by atoms with Crippen LogP contribution in [0.25, 0.3) is 0 Å². The van der Waals surface area contributed by atoms with Crippen molar-refractivity contribution < 1.29 is 9.53 Å². The van der Waals surface area contributed by atoms with E-state index in [1.54, 1.807) is 38.4 Å². The molecule has 0 aliphatic carbocycles. The third-order valence-corrected chi connectivity index (χ3v) is 2.34. The van der Waals surface area contributed by atoms with Crippen LogP contribution in [0.15, 0.2) is 24.3 Å². The topological polar surface area (TPSA) is 38.3 Å². The van der Waals surface area contributed by atoms with E-state index < -0.39 is 5.38 Å². The number of hydrogen-bond acceptors (Lipinski definition) is 2. The van der Waals surface area contributed by atoms with E-state index in [0.29, 0.717) is 0 Å². The lowest BCUT2D eigenvalue weighted by atomic mass is 10.1. The van der Waals surface area contributed by atoms with Crippen LogP contribution in [-0.4, -0.2) is 20.1 Å². The largest absolute Gasteiger partial charge is 0.497 e. The molecule has 1 atom stereocenters. The van der Waals surface area contributed by atoms with Gasteiger partial charge in [-0.1, -0.05) is 12.1 Å². The quantitative estimate of drug-likeness (QED) is 0.777. The Balaban J connectivity index is 2.81. The lowest BCUT2D eigenvalue weighted by Crippen LogP contribution is -2.22.